The van der Waals surface area contributed by atoms with E-state index < -0.39 is 0 Å². The first-order valence-electron chi connectivity index (χ1n) is 5.26. The fourth-order valence-corrected chi connectivity index (χ4v) is 1.52. The van der Waals surface area contributed by atoms with Crippen LogP contribution in [-0.4, -0.2) is 33.7 Å². The maximum Gasteiger partial charge on any atom is 0.272 e. The standard InChI is InChI=1S/C10H18N4O/c1-4-13(5-2)10(15)8-7-9(11)12-14(8)6-3/h7H,4-6H2,1-3H3,(H2,11,12). The first kappa shape index (κ1) is 11.6. The molecule has 1 amide bonds. The molecule has 84 valence electrons. The molecule has 0 aliphatic heterocycles. The number of nitrogen functional groups attached to an aromatic ring is 1. The monoisotopic (exact) mass is 210 g/mol. The molecule has 0 fully saturated rings. The number of hydrogen-bond acceptors (Lipinski definition) is 3. The summed E-state index contributed by atoms with van der Waals surface area (Å²) in [5.41, 5.74) is 6.14. The zero-order chi connectivity index (χ0) is 11.4. The number of hydrogen-bond donors (Lipinski definition) is 1. The van der Waals surface area contributed by atoms with Gasteiger partial charge in [0, 0.05) is 25.7 Å². The number of nitrogens with zero attached hydrogens (tertiary/aromatic N) is 3. The summed E-state index contributed by atoms with van der Waals surface area (Å²) < 4.78 is 1.63. The Morgan fingerprint density at radius 1 is 1.47 bits per heavy atom. The minimum Gasteiger partial charge on any atom is -0.382 e. The molecular formula is C10H18N4O. The fourth-order valence-electron chi connectivity index (χ4n) is 1.52. The molecule has 0 spiro atoms. The molecular weight excluding hydrogens is 192 g/mol. The van der Waals surface area contributed by atoms with Gasteiger partial charge in [0.25, 0.3) is 5.91 Å². The van der Waals surface area contributed by atoms with Gasteiger partial charge in [-0.3, -0.25) is 9.48 Å². The van der Waals surface area contributed by atoms with E-state index in [1.54, 1.807) is 15.6 Å². The highest BCUT2D eigenvalue weighted by Crippen LogP contribution is 2.09. The molecule has 0 bridgehead atoms. The molecule has 0 unspecified atom stereocenters. The average Bonchev–Trinajstić information content (AvgIpc) is 2.61. The van der Waals surface area contributed by atoms with Crippen LogP contribution in [-0.2, 0) is 6.54 Å². The van der Waals surface area contributed by atoms with Gasteiger partial charge in [0.2, 0.25) is 0 Å². The molecule has 0 radical (unpaired) electrons. The lowest BCUT2D eigenvalue weighted by Crippen LogP contribution is -2.32. The van der Waals surface area contributed by atoms with E-state index in [4.69, 9.17) is 5.73 Å². The number of rotatable bonds is 4. The van der Waals surface area contributed by atoms with Crippen LogP contribution < -0.4 is 5.73 Å². The highest BCUT2D eigenvalue weighted by molar-refractivity contribution is 5.93. The van der Waals surface area contributed by atoms with Crippen molar-refractivity contribution in [2.45, 2.75) is 27.3 Å². The highest BCUT2D eigenvalue weighted by atomic mass is 16.2. The van der Waals surface area contributed by atoms with Crippen molar-refractivity contribution in [2.75, 3.05) is 18.8 Å². The van der Waals surface area contributed by atoms with Crippen molar-refractivity contribution >= 4 is 11.7 Å². The van der Waals surface area contributed by atoms with Crippen LogP contribution >= 0.6 is 0 Å². The summed E-state index contributed by atoms with van der Waals surface area (Å²) in [7, 11) is 0. The number of nitrogens with two attached hydrogens (primary N) is 1. The Hall–Kier alpha value is -1.52. The van der Waals surface area contributed by atoms with Crippen LogP contribution in [0, 0.1) is 0 Å². The molecule has 0 aliphatic rings. The molecule has 15 heavy (non-hydrogen) atoms. The predicted octanol–water partition coefficient (Wildman–Crippen LogP) is 0.967. The van der Waals surface area contributed by atoms with E-state index in [1.165, 1.54) is 0 Å². The van der Waals surface area contributed by atoms with Crippen LogP contribution in [0.4, 0.5) is 5.82 Å². The lowest BCUT2D eigenvalue weighted by atomic mass is 10.3. The van der Waals surface area contributed by atoms with Crippen molar-refractivity contribution in [3.8, 4) is 0 Å². The van der Waals surface area contributed by atoms with Crippen LogP contribution in [0.5, 0.6) is 0 Å². The molecule has 0 aliphatic carbocycles. The van der Waals surface area contributed by atoms with E-state index in [0.717, 1.165) is 0 Å². The van der Waals surface area contributed by atoms with Gasteiger partial charge in [0.05, 0.1) is 0 Å². The van der Waals surface area contributed by atoms with E-state index in [9.17, 15) is 4.79 Å². The van der Waals surface area contributed by atoms with E-state index in [2.05, 4.69) is 5.10 Å². The first-order valence-corrected chi connectivity index (χ1v) is 5.26. The largest absolute Gasteiger partial charge is 0.382 e. The van der Waals surface area contributed by atoms with Gasteiger partial charge < -0.3 is 10.6 Å². The van der Waals surface area contributed by atoms with E-state index >= 15 is 0 Å². The number of aryl methyl sites for hydroxylation is 1. The second-order valence-corrected chi connectivity index (χ2v) is 3.25. The molecule has 0 saturated carbocycles. The zero-order valence-corrected chi connectivity index (χ0v) is 9.53. The number of carbonyl (C=O) groups excluding carboxylic acids is 1. The van der Waals surface area contributed by atoms with Gasteiger partial charge >= 0.3 is 0 Å². The number of anilines is 1. The topological polar surface area (TPSA) is 64.2 Å². The molecule has 1 aromatic heterocycles. The second kappa shape index (κ2) is 4.82. The Bertz CT molecular complexity index is 341. The highest BCUT2D eigenvalue weighted by Gasteiger charge is 2.17. The maximum atomic E-state index is 12.0. The Kier molecular flexibility index (Phi) is 3.71. The number of carbonyl (C=O) groups is 1. The lowest BCUT2D eigenvalue weighted by molar-refractivity contribution is 0.0760. The van der Waals surface area contributed by atoms with Crippen LogP contribution in [0.1, 0.15) is 31.3 Å². The molecule has 2 N–H and O–H groups in total. The van der Waals surface area contributed by atoms with Crippen molar-refractivity contribution in [1.29, 1.82) is 0 Å². The zero-order valence-electron chi connectivity index (χ0n) is 9.53. The molecule has 1 aromatic rings. The minimum atomic E-state index is -0.00829. The SMILES string of the molecule is CCN(CC)C(=O)c1cc(N)nn1CC. The molecule has 1 heterocycles. The van der Waals surface area contributed by atoms with Gasteiger partial charge in [-0.05, 0) is 20.8 Å². The van der Waals surface area contributed by atoms with Crippen LogP contribution in [0.2, 0.25) is 0 Å². The van der Waals surface area contributed by atoms with Crippen LogP contribution in [0.15, 0.2) is 6.07 Å². The molecule has 0 saturated heterocycles. The van der Waals surface area contributed by atoms with Crippen molar-refractivity contribution in [3.05, 3.63) is 11.8 Å². The molecule has 0 aromatic carbocycles. The normalized spacial score (nSPS) is 10.3. The van der Waals surface area contributed by atoms with Gasteiger partial charge in [0.1, 0.15) is 11.5 Å². The smallest absolute Gasteiger partial charge is 0.272 e. The maximum absolute atomic E-state index is 12.0. The Balaban J connectivity index is 2.98. The average molecular weight is 210 g/mol. The molecule has 1 rings (SSSR count). The van der Waals surface area contributed by atoms with E-state index in [1.807, 2.05) is 20.8 Å². The lowest BCUT2D eigenvalue weighted by Gasteiger charge is -2.18. The van der Waals surface area contributed by atoms with Gasteiger partial charge in [0.15, 0.2) is 0 Å². The van der Waals surface area contributed by atoms with Crippen molar-refractivity contribution in [3.63, 3.8) is 0 Å². The molecule has 0 atom stereocenters. The Morgan fingerprint density at radius 2 is 2.07 bits per heavy atom. The summed E-state index contributed by atoms with van der Waals surface area (Å²) in [6.45, 7) is 7.90. The van der Waals surface area contributed by atoms with Crippen LogP contribution in [0.3, 0.4) is 0 Å². The summed E-state index contributed by atoms with van der Waals surface area (Å²) in [5, 5.41) is 4.05. The number of amides is 1. The van der Waals surface area contributed by atoms with Crippen LogP contribution in [0.25, 0.3) is 0 Å². The summed E-state index contributed by atoms with van der Waals surface area (Å²) >= 11 is 0. The Morgan fingerprint density at radius 3 is 2.53 bits per heavy atom. The summed E-state index contributed by atoms with van der Waals surface area (Å²) in [6.07, 6.45) is 0. The third-order valence-corrected chi connectivity index (χ3v) is 2.37. The summed E-state index contributed by atoms with van der Waals surface area (Å²) in [6, 6.07) is 1.63. The first-order chi connectivity index (χ1) is 7.13. The quantitative estimate of drug-likeness (QED) is 0.805. The minimum absolute atomic E-state index is 0.00829. The van der Waals surface area contributed by atoms with Crippen molar-refractivity contribution < 1.29 is 4.79 Å². The van der Waals surface area contributed by atoms with Gasteiger partial charge in [-0.15, -0.1) is 0 Å². The molecule has 5 nitrogen and oxygen atoms in total. The van der Waals surface area contributed by atoms with Gasteiger partial charge in [-0.25, -0.2) is 0 Å². The van der Waals surface area contributed by atoms with E-state index in [-0.39, 0.29) is 5.91 Å². The van der Waals surface area contributed by atoms with Gasteiger partial charge in [-0.2, -0.15) is 5.10 Å². The third kappa shape index (κ3) is 2.29. The fraction of sp³-hybridized carbons (Fsp3) is 0.600. The van der Waals surface area contributed by atoms with Crippen molar-refractivity contribution in [1.82, 2.24) is 14.7 Å². The summed E-state index contributed by atoms with van der Waals surface area (Å²) in [5.74, 6) is 0.387. The van der Waals surface area contributed by atoms with Gasteiger partial charge in [-0.1, -0.05) is 0 Å². The van der Waals surface area contributed by atoms with E-state index in [0.29, 0.717) is 31.1 Å². The summed E-state index contributed by atoms with van der Waals surface area (Å²) in [4.78, 5) is 13.8. The number of aromatic nitrogens is 2. The van der Waals surface area contributed by atoms with Crippen molar-refractivity contribution in [2.24, 2.45) is 0 Å². The predicted molar refractivity (Wildman–Crippen MR) is 59.6 cm³/mol. The Labute approximate surface area is 89.9 Å². The second-order valence-electron chi connectivity index (χ2n) is 3.25. The third-order valence-electron chi connectivity index (χ3n) is 2.37. The molecule has 5 heteroatoms.